The first-order chi connectivity index (χ1) is 40.2. The van der Waals surface area contributed by atoms with E-state index in [1.54, 1.807) is 0 Å². The van der Waals surface area contributed by atoms with E-state index in [9.17, 15) is 0 Å². The molecule has 1 aliphatic rings. The summed E-state index contributed by atoms with van der Waals surface area (Å²) in [6.45, 7) is 0. The average molecular weight is 1040 g/mol. The fraction of sp³-hybridized carbons (Fsp3) is 0.0137. The molecule has 16 rings (SSSR count). The van der Waals surface area contributed by atoms with Crippen LogP contribution in [0.15, 0.2) is 279 Å². The van der Waals surface area contributed by atoms with E-state index >= 15 is 0 Å². The van der Waals surface area contributed by atoms with Crippen LogP contribution in [0.2, 0.25) is 0 Å². The fourth-order valence-electron chi connectivity index (χ4n) is 12.7. The van der Waals surface area contributed by atoms with Gasteiger partial charge < -0.3 is 4.57 Å². The molecule has 0 saturated heterocycles. The third-order valence-corrected chi connectivity index (χ3v) is 16.1. The fourth-order valence-corrected chi connectivity index (χ4v) is 12.7. The number of fused-ring (bicyclic) bond motifs is 10. The van der Waals surface area contributed by atoms with E-state index in [4.69, 9.17) is 29.9 Å². The van der Waals surface area contributed by atoms with Crippen molar-refractivity contribution in [2.24, 2.45) is 0 Å². The van der Waals surface area contributed by atoms with Crippen molar-refractivity contribution < 1.29 is 0 Å². The lowest BCUT2D eigenvalue weighted by atomic mass is 9.67. The number of nitrogens with zero attached hydrogens (tertiary/aromatic N) is 8. The highest BCUT2D eigenvalue weighted by Gasteiger charge is 2.47. The summed E-state index contributed by atoms with van der Waals surface area (Å²) in [5.41, 5.74) is 16.0. The van der Waals surface area contributed by atoms with Crippen LogP contribution in [0, 0.1) is 0 Å². The van der Waals surface area contributed by atoms with E-state index in [0.29, 0.717) is 35.1 Å². The molecule has 4 aromatic heterocycles. The summed E-state index contributed by atoms with van der Waals surface area (Å²) in [6.07, 6.45) is 0. The summed E-state index contributed by atoms with van der Waals surface area (Å²) in [6, 6.07) is 98.2. The summed E-state index contributed by atoms with van der Waals surface area (Å²) < 4.78 is 4.66. The van der Waals surface area contributed by atoms with Crippen molar-refractivity contribution in [2.75, 3.05) is 0 Å². The molecule has 1 aliphatic carbocycles. The zero-order valence-electron chi connectivity index (χ0n) is 43.6. The van der Waals surface area contributed by atoms with Gasteiger partial charge in [0.1, 0.15) is 0 Å². The summed E-state index contributed by atoms with van der Waals surface area (Å²) in [4.78, 5) is 31.8. The van der Waals surface area contributed by atoms with Gasteiger partial charge in [0.25, 0.3) is 0 Å². The van der Waals surface area contributed by atoms with Gasteiger partial charge in [0.05, 0.1) is 27.5 Å². The standard InChI is InChI=1S/C73H46N8/c1-6-23-47(24-7-1)67-74-68(48-25-8-2-9-26-48)76-69(75-67)50-41-43-53(44-42-50)80-62-39-20-17-33-54(62)56-45-46-57-55-34-18-21-40-63(55)81(66(57)65(56)80)72-78-70(49-27-10-3-11-28-49)77-71(79-72)59-36-22-38-61-64(59)58-35-16-19-37-60(58)73(61,51-29-12-4-13-30-51)52-31-14-5-15-32-52/h1-46H. The lowest BCUT2D eigenvalue weighted by Gasteiger charge is -2.33. The number of para-hydroxylation sites is 2. The van der Waals surface area contributed by atoms with Gasteiger partial charge in [0.15, 0.2) is 29.1 Å². The van der Waals surface area contributed by atoms with Crippen LogP contribution in [0.5, 0.6) is 0 Å². The van der Waals surface area contributed by atoms with Gasteiger partial charge in [-0.05, 0) is 69.8 Å². The van der Waals surface area contributed by atoms with Crippen molar-refractivity contribution in [3.05, 3.63) is 301 Å². The molecule has 81 heavy (non-hydrogen) atoms. The lowest BCUT2D eigenvalue weighted by molar-refractivity contribution is 0.768. The second-order valence-corrected chi connectivity index (χ2v) is 20.6. The zero-order chi connectivity index (χ0) is 53.4. The van der Waals surface area contributed by atoms with Crippen molar-refractivity contribution in [3.63, 3.8) is 0 Å². The van der Waals surface area contributed by atoms with E-state index < -0.39 is 5.41 Å². The molecule has 0 bridgehead atoms. The van der Waals surface area contributed by atoms with Crippen molar-refractivity contribution >= 4 is 43.6 Å². The SMILES string of the molecule is c1ccc(-c2nc(-c3ccccc3)nc(-c3ccc(-n4c5ccccc5c5ccc6c7ccccc7n(-c7nc(-c8ccccc8)nc(-c8cccc9c8-c8ccccc8C9(c8ccccc8)c8ccccc8)n7)c6c54)cc3)n2)cc1. The van der Waals surface area contributed by atoms with Crippen molar-refractivity contribution in [1.29, 1.82) is 0 Å². The number of aromatic nitrogens is 8. The molecule has 15 aromatic rings. The summed E-state index contributed by atoms with van der Waals surface area (Å²) in [7, 11) is 0. The topological polar surface area (TPSA) is 87.2 Å². The first-order valence-electron chi connectivity index (χ1n) is 27.3. The van der Waals surface area contributed by atoms with Gasteiger partial charge in [-0.1, -0.05) is 243 Å². The molecule has 0 fully saturated rings. The summed E-state index contributed by atoms with van der Waals surface area (Å²) in [5, 5.41) is 4.41. The molecule has 0 spiro atoms. The van der Waals surface area contributed by atoms with Crippen LogP contribution in [-0.4, -0.2) is 39.0 Å². The molecule has 0 saturated carbocycles. The molecule has 0 radical (unpaired) electrons. The Morgan fingerprint density at radius 2 is 0.654 bits per heavy atom. The molecule has 8 heteroatoms. The van der Waals surface area contributed by atoms with Gasteiger partial charge in [0, 0.05) is 55.0 Å². The minimum Gasteiger partial charge on any atom is -0.307 e. The van der Waals surface area contributed by atoms with Crippen molar-refractivity contribution in [1.82, 2.24) is 39.0 Å². The second-order valence-electron chi connectivity index (χ2n) is 20.6. The Bertz CT molecular complexity index is 4810. The Hall–Kier alpha value is -11.0. The molecule has 11 aromatic carbocycles. The van der Waals surface area contributed by atoms with Crippen LogP contribution in [-0.2, 0) is 5.41 Å². The van der Waals surface area contributed by atoms with Crippen molar-refractivity contribution in [3.8, 4) is 79.7 Å². The lowest BCUT2D eigenvalue weighted by Crippen LogP contribution is -2.28. The molecule has 0 atom stereocenters. The maximum atomic E-state index is 5.69. The number of hydrogen-bond acceptors (Lipinski definition) is 6. The first-order valence-corrected chi connectivity index (χ1v) is 27.3. The van der Waals surface area contributed by atoms with Gasteiger partial charge in [-0.15, -0.1) is 0 Å². The quantitative estimate of drug-likeness (QED) is 0.143. The molecule has 0 amide bonds. The smallest absolute Gasteiger partial charge is 0.238 e. The molecule has 0 aliphatic heterocycles. The van der Waals surface area contributed by atoms with E-state index in [2.05, 4.69) is 209 Å². The van der Waals surface area contributed by atoms with Gasteiger partial charge in [-0.3, -0.25) is 4.57 Å². The average Bonchev–Trinajstić information content (AvgIpc) is 4.05. The molecular formula is C73H46N8. The minimum atomic E-state index is -0.603. The highest BCUT2D eigenvalue weighted by Crippen LogP contribution is 2.58. The van der Waals surface area contributed by atoms with Crippen LogP contribution in [0.3, 0.4) is 0 Å². The van der Waals surface area contributed by atoms with Crippen LogP contribution < -0.4 is 0 Å². The Morgan fingerprint density at radius 3 is 1.21 bits per heavy atom. The Labute approximate surface area is 466 Å². The van der Waals surface area contributed by atoms with Crippen LogP contribution in [0.4, 0.5) is 0 Å². The number of benzene rings is 11. The molecule has 8 nitrogen and oxygen atoms in total. The third kappa shape index (κ3) is 7.24. The van der Waals surface area contributed by atoms with E-state index in [0.717, 1.165) is 88.2 Å². The van der Waals surface area contributed by atoms with Crippen LogP contribution >= 0.6 is 0 Å². The Balaban J connectivity index is 0.939. The Kier molecular flexibility index (Phi) is 10.6. The van der Waals surface area contributed by atoms with E-state index in [1.807, 2.05) is 78.9 Å². The monoisotopic (exact) mass is 1030 g/mol. The molecule has 378 valence electrons. The number of rotatable bonds is 9. The zero-order valence-corrected chi connectivity index (χ0v) is 43.6. The predicted molar refractivity (Wildman–Crippen MR) is 326 cm³/mol. The molecule has 4 heterocycles. The first kappa shape index (κ1) is 46.2. The molecular weight excluding hydrogens is 989 g/mol. The molecule has 0 unspecified atom stereocenters. The van der Waals surface area contributed by atoms with E-state index in [1.165, 1.54) is 22.3 Å². The maximum absolute atomic E-state index is 5.69. The summed E-state index contributed by atoms with van der Waals surface area (Å²) in [5.74, 6) is 3.51. The summed E-state index contributed by atoms with van der Waals surface area (Å²) >= 11 is 0. The van der Waals surface area contributed by atoms with Gasteiger partial charge in [-0.2, -0.15) is 9.97 Å². The van der Waals surface area contributed by atoms with Gasteiger partial charge in [0.2, 0.25) is 5.95 Å². The van der Waals surface area contributed by atoms with E-state index in [-0.39, 0.29) is 0 Å². The normalized spacial score (nSPS) is 12.5. The predicted octanol–water partition coefficient (Wildman–Crippen LogP) is 16.9. The minimum absolute atomic E-state index is 0.518. The highest BCUT2D eigenvalue weighted by molar-refractivity contribution is 6.23. The second kappa shape index (κ2) is 18.6. The maximum Gasteiger partial charge on any atom is 0.238 e. The highest BCUT2D eigenvalue weighted by atomic mass is 15.2. The largest absolute Gasteiger partial charge is 0.307 e. The number of hydrogen-bond donors (Lipinski definition) is 0. The van der Waals surface area contributed by atoms with Crippen molar-refractivity contribution in [2.45, 2.75) is 5.41 Å². The van der Waals surface area contributed by atoms with Gasteiger partial charge in [-0.25, -0.2) is 19.9 Å². The van der Waals surface area contributed by atoms with Crippen LogP contribution in [0.25, 0.3) is 123 Å². The van der Waals surface area contributed by atoms with Gasteiger partial charge >= 0.3 is 0 Å². The Morgan fingerprint density at radius 1 is 0.259 bits per heavy atom. The molecule has 0 N–H and O–H groups in total. The third-order valence-electron chi connectivity index (χ3n) is 16.1. The van der Waals surface area contributed by atoms with Crippen LogP contribution in [0.1, 0.15) is 22.3 Å².